The van der Waals surface area contributed by atoms with Crippen molar-refractivity contribution in [3.8, 4) is 11.4 Å². The minimum absolute atomic E-state index is 0.0373. The van der Waals surface area contributed by atoms with Crippen molar-refractivity contribution in [3.63, 3.8) is 0 Å². The molecule has 0 bridgehead atoms. The molecule has 0 spiro atoms. The van der Waals surface area contributed by atoms with Crippen molar-refractivity contribution in [2.45, 2.75) is 31.9 Å². The van der Waals surface area contributed by atoms with Crippen LogP contribution >= 0.6 is 0 Å². The number of rotatable bonds is 4. The van der Waals surface area contributed by atoms with E-state index in [-0.39, 0.29) is 18.1 Å². The monoisotopic (exact) mass is 413 g/mol. The molecule has 0 saturated carbocycles. The summed E-state index contributed by atoms with van der Waals surface area (Å²) >= 11 is 0. The Kier molecular flexibility index (Phi) is 5.08. The first kappa shape index (κ1) is 19.2. The number of para-hydroxylation sites is 2. The van der Waals surface area contributed by atoms with E-state index in [1.165, 1.54) is 4.80 Å². The molecule has 2 atom stereocenters. The zero-order valence-electron chi connectivity index (χ0n) is 17.3. The second-order valence-electron chi connectivity index (χ2n) is 7.79. The summed E-state index contributed by atoms with van der Waals surface area (Å²) in [5.74, 6) is 0.718. The number of piperidine rings is 1. The Balaban J connectivity index is 1.40. The lowest BCUT2D eigenvalue weighted by Gasteiger charge is -2.38. The quantitative estimate of drug-likeness (QED) is 0.508. The van der Waals surface area contributed by atoms with Crippen LogP contribution in [0.15, 0.2) is 73.2 Å². The number of ether oxygens (including phenoxy) is 1. The van der Waals surface area contributed by atoms with Crippen LogP contribution in [0.1, 0.15) is 30.1 Å². The molecule has 156 valence electrons. The average Bonchev–Trinajstić information content (AvgIpc) is 3.35. The molecule has 1 aliphatic rings. The second-order valence-corrected chi connectivity index (χ2v) is 7.79. The van der Waals surface area contributed by atoms with Gasteiger partial charge >= 0.3 is 0 Å². The molecule has 2 aromatic heterocycles. The number of amides is 1. The van der Waals surface area contributed by atoms with Gasteiger partial charge in [-0.3, -0.25) is 9.78 Å². The predicted octanol–water partition coefficient (Wildman–Crippen LogP) is 3.89. The number of likely N-dealkylation sites (tertiary alicyclic amines) is 1. The van der Waals surface area contributed by atoms with Crippen molar-refractivity contribution >= 4 is 16.8 Å². The highest BCUT2D eigenvalue weighted by Gasteiger charge is 2.32. The Morgan fingerprint density at radius 3 is 2.65 bits per heavy atom. The molecule has 2 aromatic carbocycles. The van der Waals surface area contributed by atoms with Gasteiger partial charge in [0.25, 0.3) is 5.91 Å². The lowest BCUT2D eigenvalue weighted by Crippen LogP contribution is -2.49. The van der Waals surface area contributed by atoms with Crippen molar-refractivity contribution in [3.05, 3.63) is 78.8 Å². The summed E-state index contributed by atoms with van der Waals surface area (Å²) in [6.45, 7) is 2.60. The summed E-state index contributed by atoms with van der Waals surface area (Å²) in [6, 6.07) is 17.4. The van der Waals surface area contributed by atoms with Gasteiger partial charge in [-0.2, -0.15) is 15.0 Å². The average molecular weight is 413 g/mol. The van der Waals surface area contributed by atoms with Crippen molar-refractivity contribution < 1.29 is 9.53 Å². The van der Waals surface area contributed by atoms with Crippen LogP contribution < -0.4 is 4.74 Å². The lowest BCUT2D eigenvalue weighted by atomic mass is 9.99. The van der Waals surface area contributed by atoms with Crippen LogP contribution in [-0.4, -0.2) is 49.5 Å². The van der Waals surface area contributed by atoms with Gasteiger partial charge in [0.1, 0.15) is 17.4 Å². The van der Waals surface area contributed by atoms with Crippen LogP contribution in [-0.2, 0) is 0 Å². The Morgan fingerprint density at radius 1 is 0.968 bits per heavy atom. The van der Waals surface area contributed by atoms with Crippen molar-refractivity contribution in [2.75, 3.05) is 6.54 Å². The first-order valence-electron chi connectivity index (χ1n) is 10.5. The summed E-state index contributed by atoms with van der Waals surface area (Å²) in [4.78, 5) is 21.4. The maximum atomic E-state index is 13.5. The maximum absolute atomic E-state index is 13.5. The van der Waals surface area contributed by atoms with Crippen LogP contribution in [0.3, 0.4) is 0 Å². The predicted molar refractivity (Wildman–Crippen MR) is 117 cm³/mol. The Bertz CT molecular complexity index is 1200. The van der Waals surface area contributed by atoms with Gasteiger partial charge in [0.15, 0.2) is 0 Å². The van der Waals surface area contributed by atoms with E-state index in [1.54, 1.807) is 18.6 Å². The molecular formula is C24H23N5O2. The molecule has 4 aromatic rings. The van der Waals surface area contributed by atoms with E-state index in [0.29, 0.717) is 17.8 Å². The number of pyridine rings is 1. The van der Waals surface area contributed by atoms with Gasteiger partial charge in [-0.25, -0.2) is 0 Å². The Morgan fingerprint density at radius 2 is 1.77 bits per heavy atom. The summed E-state index contributed by atoms with van der Waals surface area (Å²) in [5.41, 5.74) is 2.10. The first-order valence-corrected chi connectivity index (χ1v) is 10.5. The third-order valence-corrected chi connectivity index (χ3v) is 5.76. The van der Waals surface area contributed by atoms with Gasteiger partial charge in [0.05, 0.1) is 30.2 Å². The third kappa shape index (κ3) is 3.74. The van der Waals surface area contributed by atoms with E-state index in [2.05, 4.69) is 22.1 Å². The zero-order chi connectivity index (χ0) is 21.2. The molecule has 0 radical (unpaired) electrons. The van der Waals surface area contributed by atoms with Gasteiger partial charge in [0.2, 0.25) is 0 Å². The molecule has 0 unspecified atom stereocenters. The molecular weight excluding hydrogens is 390 g/mol. The van der Waals surface area contributed by atoms with E-state index in [1.807, 2.05) is 59.5 Å². The molecule has 0 N–H and O–H groups in total. The molecule has 1 amide bonds. The number of benzene rings is 2. The Labute approximate surface area is 180 Å². The van der Waals surface area contributed by atoms with Gasteiger partial charge in [-0.15, -0.1) is 0 Å². The van der Waals surface area contributed by atoms with Crippen LogP contribution in [0.25, 0.3) is 16.6 Å². The number of carbonyl (C=O) groups excluding carboxylic acids is 1. The fourth-order valence-corrected chi connectivity index (χ4v) is 4.13. The minimum Gasteiger partial charge on any atom is -0.486 e. The van der Waals surface area contributed by atoms with E-state index in [9.17, 15) is 4.79 Å². The molecule has 0 aliphatic carbocycles. The number of hydrogen-bond acceptors (Lipinski definition) is 5. The SMILES string of the molecule is C[C@@H]1CC[C@@H](Oc2cccc3cccnc23)CN1C(=O)c1ccccc1-n1nccn1. The molecule has 3 heterocycles. The van der Waals surface area contributed by atoms with Gasteiger partial charge < -0.3 is 9.64 Å². The molecule has 7 nitrogen and oxygen atoms in total. The number of aromatic nitrogens is 4. The molecule has 1 aliphatic heterocycles. The molecule has 7 heteroatoms. The zero-order valence-corrected chi connectivity index (χ0v) is 17.3. The summed E-state index contributed by atoms with van der Waals surface area (Å²) in [5, 5.41) is 9.43. The summed E-state index contributed by atoms with van der Waals surface area (Å²) < 4.78 is 6.35. The summed E-state index contributed by atoms with van der Waals surface area (Å²) in [6.07, 6.45) is 6.64. The molecule has 1 fully saturated rings. The third-order valence-electron chi connectivity index (χ3n) is 5.76. The normalized spacial score (nSPS) is 18.8. The molecule has 1 saturated heterocycles. The van der Waals surface area contributed by atoms with E-state index >= 15 is 0 Å². The van der Waals surface area contributed by atoms with Crippen LogP contribution in [0, 0.1) is 0 Å². The highest BCUT2D eigenvalue weighted by molar-refractivity contribution is 5.98. The summed E-state index contributed by atoms with van der Waals surface area (Å²) in [7, 11) is 0. The van der Waals surface area contributed by atoms with E-state index < -0.39 is 0 Å². The first-order chi connectivity index (χ1) is 15.2. The largest absolute Gasteiger partial charge is 0.486 e. The van der Waals surface area contributed by atoms with Gasteiger partial charge in [-0.05, 0) is 44.0 Å². The standard InChI is InChI=1S/C24H23N5O2/c1-17-11-12-19(31-22-10-4-6-18-7-5-13-25-23(18)22)16-28(17)24(30)20-8-2-3-9-21(20)29-26-14-15-27-29/h2-10,13-15,17,19H,11-12,16H2,1H3/t17-,19-/m1/s1. The second kappa shape index (κ2) is 8.18. The smallest absolute Gasteiger partial charge is 0.256 e. The van der Waals surface area contributed by atoms with Gasteiger partial charge in [0, 0.05) is 17.6 Å². The lowest BCUT2D eigenvalue weighted by molar-refractivity contribution is 0.0387. The van der Waals surface area contributed by atoms with E-state index in [4.69, 9.17) is 4.74 Å². The van der Waals surface area contributed by atoms with Crippen LogP contribution in [0.5, 0.6) is 5.75 Å². The number of carbonyl (C=O) groups is 1. The van der Waals surface area contributed by atoms with E-state index in [0.717, 1.165) is 29.5 Å². The number of fused-ring (bicyclic) bond motifs is 1. The number of hydrogen-bond donors (Lipinski definition) is 0. The maximum Gasteiger partial charge on any atom is 0.256 e. The van der Waals surface area contributed by atoms with Crippen molar-refractivity contribution in [1.29, 1.82) is 0 Å². The van der Waals surface area contributed by atoms with Crippen LogP contribution in [0.2, 0.25) is 0 Å². The van der Waals surface area contributed by atoms with Crippen LogP contribution in [0.4, 0.5) is 0 Å². The molecule has 31 heavy (non-hydrogen) atoms. The highest BCUT2D eigenvalue weighted by atomic mass is 16.5. The number of nitrogens with zero attached hydrogens (tertiary/aromatic N) is 5. The van der Waals surface area contributed by atoms with Crippen molar-refractivity contribution in [1.82, 2.24) is 24.9 Å². The van der Waals surface area contributed by atoms with Gasteiger partial charge in [-0.1, -0.05) is 30.3 Å². The van der Waals surface area contributed by atoms with Crippen molar-refractivity contribution in [2.24, 2.45) is 0 Å². The fraction of sp³-hybridized carbons (Fsp3) is 0.250. The topological polar surface area (TPSA) is 73.1 Å². The molecule has 5 rings (SSSR count). The Hall–Kier alpha value is -3.74. The minimum atomic E-state index is -0.0947. The fourth-order valence-electron chi connectivity index (χ4n) is 4.13. The highest BCUT2D eigenvalue weighted by Crippen LogP contribution is 2.28.